The van der Waals surface area contributed by atoms with E-state index in [0.29, 0.717) is 30.2 Å². The molecule has 0 amide bonds. The summed E-state index contributed by atoms with van der Waals surface area (Å²) in [4.78, 5) is 14.0. The van der Waals surface area contributed by atoms with Crippen LogP contribution in [-0.2, 0) is 4.79 Å². The Morgan fingerprint density at radius 3 is 2.29 bits per heavy atom. The number of nitrogens with zero attached hydrogens (tertiary/aromatic N) is 1. The fourth-order valence-corrected chi connectivity index (χ4v) is 4.07. The van der Waals surface area contributed by atoms with Crippen molar-refractivity contribution in [3.63, 3.8) is 0 Å². The lowest BCUT2D eigenvalue weighted by molar-refractivity contribution is -0.142. The maximum absolute atomic E-state index is 11.9. The predicted octanol–water partition coefficient (Wildman–Crippen LogP) is 3.66. The van der Waals surface area contributed by atoms with Crippen molar-refractivity contribution in [2.75, 3.05) is 27.9 Å². The molecule has 1 heterocycles. The fraction of sp³-hybridized carbons (Fsp3) is 0.409. The molecule has 2 atom stereocenters. The summed E-state index contributed by atoms with van der Waals surface area (Å²) in [6.07, 6.45) is 1.49. The molecule has 2 unspecified atom stereocenters. The zero-order valence-corrected chi connectivity index (χ0v) is 16.8. The molecule has 6 nitrogen and oxygen atoms in total. The summed E-state index contributed by atoms with van der Waals surface area (Å²) in [5.41, 5.74) is 3.10. The minimum atomic E-state index is -0.788. The third-order valence-corrected chi connectivity index (χ3v) is 5.40. The van der Waals surface area contributed by atoms with Gasteiger partial charge >= 0.3 is 5.97 Å². The summed E-state index contributed by atoms with van der Waals surface area (Å²) < 4.78 is 16.5. The quantitative estimate of drug-likeness (QED) is 0.785. The third kappa shape index (κ3) is 3.64. The first-order chi connectivity index (χ1) is 13.5. The van der Waals surface area contributed by atoms with Crippen LogP contribution >= 0.6 is 0 Å². The molecule has 2 aromatic carbocycles. The first kappa shape index (κ1) is 20.0. The molecule has 3 rings (SSSR count). The topological polar surface area (TPSA) is 68.2 Å². The van der Waals surface area contributed by atoms with Crippen molar-refractivity contribution in [3.05, 3.63) is 53.1 Å². The largest absolute Gasteiger partial charge is 0.493 e. The summed E-state index contributed by atoms with van der Waals surface area (Å²) in [6, 6.07) is 11.2. The van der Waals surface area contributed by atoms with Gasteiger partial charge < -0.3 is 19.3 Å². The van der Waals surface area contributed by atoms with Gasteiger partial charge in [-0.3, -0.25) is 9.69 Å². The lowest BCUT2D eigenvalue weighted by Gasteiger charge is -2.33. The highest BCUT2D eigenvalue weighted by molar-refractivity contribution is 5.74. The molecule has 0 saturated carbocycles. The fourth-order valence-electron chi connectivity index (χ4n) is 4.07. The smallest absolute Gasteiger partial charge is 0.320 e. The van der Waals surface area contributed by atoms with E-state index < -0.39 is 12.0 Å². The van der Waals surface area contributed by atoms with E-state index in [4.69, 9.17) is 14.2 Å². The molecule has 0 aromatic heterocycles. The maximum atomic E-state index is 11.9. The highest BCUT2D eigenvalue weighted by Gasteiger charge is 2.38. The number of hydrogen-bond acceptors (Lipinski definition) is 5. The van der Waals surface area contributed by atoms with Crippen molar-refractivity contribution in [1.82, 2.24) is 4.90 Å². The Hall–Kier alpha value is -2.73. The molecule has 6 heteroatoms. The predicted molar refractivity (Wildman–Crippen MR) is 106 cm³/mol. The Morgan fingerprint density at radius 1 is 1.11 bits per heavy atom. The Balaban J connectivity index is 2.20. The van der Waals surface area contributed by atoms with E-state index in [2.05, 4.69) is 11.0 Å². The standard InChI is InChI=1S/C22H27NO5/c1-14-8-5-6-9-16(14)20(23-11-7-10-17(23)22(24)25)15-12-18(26-2)21(28-4)19(13-15)27-3/h5-6,8-9,12-13,17,20H,7,10-11H2,1-4H3,(H,24,25). The van der Waals surface area contributed by atoms with Crippen LogP contribution in [0.1, 0.15) is 35.6 Å². The normalized spacial score (nSPS) is 17.9. The molecule has 0 bridgehead atoms. The van der Waals surface area contributed by atoms with Crippen molar-refractivity contribution in [1.29, 1.82) is 0 Å². The SMILES string of the molecule is COc1cc(C(c2ccccc2C)N2CCCC2C(=O)O)cc(OC)c1OC. The summed E-state index contributed by atoms with van der Waals surface area (Å²) in [5, 5.41) is 9.77. The van der Waals surface area contributed by atoms with E-state index in [1.165, 1.54) is 0 Å². The average molecular weight is 385 g/mol. The van der Waals surface area contributed by atoms with Gasteiger partial charge in [0.15, 0.2) is 11.5 Å². The lowest BCUT2D eigenvalue weighted by atomic mass is 9.92. The molecule has 1 aliphatic rings. The number of benzene rings is 2. The van der Waals surface area contributed by atoms with Crippen molar-refractivity contribution in [2.45, 2.75) is 31.8 Å². The second-order valence-electron chi connectivity index (χ2n) is 6.95. The Morgan fingerprint density at radius 2 is 1.75 bits per heavy atom. The van der Waals surface area contributed by atoms with E-state index in [0.717, 1.165) is 23.1 Å². The van der Waals surface area contributed by atoms with Crippen LogP contribution in [0.4, 0.5) is 0 Å². The summed E-state index contributed by atoms with van der Waals surface area (Å²) in [7, 11) is 4.74. The van der Waals surface area contributed by atoms with Gasteiger partial charge in [-0.1, -0.05) is 24.3 Å². The summed E-state index contributed by atoms with van der Waals surface area (Å²) in [5.74, 6) is 0.847. The van der Waals surface area contributed by atoms with Crippen molar-refractivity contribution < 1.29 is 24.1 Å². The van der Waals surface area contributed by atoms with Crippen LogP contribution in [0, 0.1) is 6.92 Å². The second kappa shape index (κ2) is 8.52. The number of hydrogen-bond donors (Lipinski definition) is 1. The molecule has 1 saturated heterocycles. The number of carbonyl (C=O) groups is 1. The minimum Gasteiger partial charge on any atom is -0.493 e. The van der Waals surface area contributed by atoms with Crippen LogP contribution in [0.3, 0.4) is 0 Å². The molecule has 0 aliphatic carbocycles. The van der Waals surface area contributed by atoms with E-state index in [1.54, 1.807) is 21.3 Å². The van der Waals surface area contributed by atoms with E-state index in [9.17, 15) is 9.90 Å². The number of methoxy groups -OCH3 is 3. The molecular formula is C22H27NO5. The number of ether oxygens (including phenoxy) is 3. The van der Waals surface area contributed by atoms with E-state index in [1.807, 2.05) is 37.3 Å². The van der Waals surface area contributed by atoms with Gasteiger partial charge in [-0.15, -0.1) is 0 Å². The van der Waals surface area contributed by atoms with E-state index >= 15 is 0 Å². The van der Waals surface area contributed by atoms with Crippen LogP contribution in [0.5, 0.6) is 17.2 Å². The molecule has 28 heavy (non-hydrogen) atoms. The first-order valence-electron chi connectivity index (χ1n) is 9.35. The molecule has 1 fully saturated rings. The number of aryl methyl sites for hydroxylation is 1. The molecule has 0 spiro atoms. The van der Waals surface area contributed by atoms with Crippen LogP contribution < -0.4 is 14.2 Å². The minimum absolute atomic E-state index is 0.224. The number of rotatable bonds is 7. The maximum Gasteiger partial charge on any atom is 0.320 e. The molecular weight excluding hydrogens is 358 g/mol. The van der Waals surface area contributed by atoms with Gasteiger partial charge in [0.1, 0.15) is 6.04 Å². The van der Waals surface area contributed by atoms with Crippen molar-refractivity contribution in [3.8, 4) is 17.2 Å². The van der Waals surface area contributed by atoms with Gasteiger partial charge in [-0.2, -0.15) is 0 Å². The van der Waals surface area contributed by atoms with Crippen LogP contribution in [0.15, 0.2) is 36.4 Å². The Labute approximate surface area is 165 Å². The Bertz CT molecular complexity index is 826. The van der Waals surface area contributed by atoms with Crippen molar-refractivity contribution >= 4 is 5.97 Å². The van der Waals surface area contributed by atoms with Gasteiger partial charge in [0.2, 0.25) is 5.75 Å². The van der Waals surface area contributed by atoms with Crippen LogP contribution in [-0.4, -0.2) is 49.9 Å². The van der Waals surface area contributed by atoms with Gasteiger partial charge in [0.05, 0.1) is 27.4 Å². The average Bonchev–Trinajstić information content (AvgIpc) is 3.18. The van der Waals surface area contributed by atoms with Gasteiger partial charge in [-0.25, -0.2) is 0 Å². The zero-order chi connectivity index (χ0) is 20.3. The molecule has 150 valence electrons. The number of aliphatic carboxylic acids is 1. The first-order valence-corrected chi connectivity index (χ1v) is 9.35. The zero-order valence-electron chi connectivity index (χ0n) is 16.8. The number of likely N-dealkylation sites (tertiary alicyclic amines) is 1. The summed E-state index contributed by atoms with van der Waals surface area (Å²) >= 11 is 0. The molecule has 1 N–H and O–H groups in total. The molecule has 1 aliphatic heterocycles. The highest BCUT2D eigenvalue weighted by atomic mass is 16.5. The second-order valence-corrected chi connectivity index (χ2v) is 6.95. The van der Waals surface area contributed by atoms with Crippen LogP contribution in [0.25, 0.3) is 0 Å². The van der Waals surface area contributed by atoms with Crippen molar-refractivity contribution in [2.24, 2.45) is 0 Å². The summed E-state index contributed by atoms with van der Waals surface area (Å²) in [6.45, 7) is 2.76. The van der Waals surface area contributed by atoms with Gasteiger partial charge in [0.25, 0.3) is 0 Å². The lowest BCUT2D eigenvalue weighted by Crippen LogP contribution is -2.39. The highest BCUT2D eigenvalue weighted by Crippen LogP contribution is 2.44. The third-order valence-electron chi connectivity index (χ3n) is 5.40. The molecule has 0 radical (unpaired) electrons. The monoisotopic (exact) mass is 385 g/mol. The van der Waals surface area contributed by atoms with Gasteiger partial charge in [-0.05, 0) is 48.6 Å². The van der Waals surface area contributed by atoms with Crippen LogP contribution in [0.2, 0.25) is 0 Å². The van der Waals surface area contributed by atoms with Gasteiger partial charge in [0, 0.05) is 6.54 Å². The molecule has 2 aromatic rings. The Kier molecular flexibility index (Phi) is 6.09. The van der Waals surface area contributed by atoms with E-state index in [-0.39, 0.29) is 6.04 Å². The number of carboxylic acids is 1. The number of carboxylic acid groups (broad SMARTS) is 1.